The number of aromatic nitrogens is 3. The molecule has 0 amide bonds. The van der Waals surface area contributed by atoms with Crippen LogP contribution in [-0.2, 0) is 6.54 Å². The summed E-state index contributed by atoms with van der Waals surface area (Å²) in [5.41, 5.74) is 7.23. The number of rotatable bonds is 5. The Labute approximate surface area is 160 Å². The SMILES string of the molecule is Cc1ccc(-c2[nH]ncc2CN2CCC[C@H]2c2cc(C(C)C)on2)cc1C. The van der Waals surface area contributed by atoms with Gasteiger partial charge in [-0.3, -0.25) is 10.00 Å². The molecule has 27 heavy (non-hydrogen) atoms. The van der Waals surface area contributed by atoms with E-state index in [4.69, 9.17) is 4.52 Å². The van der Waals surface area contributed by atoms with E-state index in [9.17, 15) is 0 Å². The average molecular weight is 364 g/mol. The van der Waals surface area contributed by atoms with Gasteiger partial charge in [-0.1, -0.05) is 31.1 Å². The molecule has 1 saturated heterocycles. The minimum absolute atomic E-state index is 0.323. The third-order valence-corrected chi connectivity index (χ3v) is 5.71. The maximum atomic E-state index is 5.54. The maximum absolute atomic E-state index is 5.54. The number of nitrogens with one attached hydrogen (secondary N) is 1. The van der Waals surface area contributed by atoms with Gasteiger partial charge in [0.05, 0.1) is 17.9 Å². The maximum Gasteiger partial charge on any atom is 0.139 e. The zero-order valence-electron chi connectivity index (χ0n) is 16.6. The molecule has 2 aromatic heterocycles. The number of aromatic amines is 1. The molecule has 1 aliphatic heterocycles. The van der Waals surface area contributed by atoms with Gasteiger partial charge in [-0.2, -0.15) is 5.10 Å². The van der Waals surface area contributed by atoms with Gasteiger partial charge in [0.1, 0.15) is 11.5 Å². The van der Waals surface area contributed by atoms with E-state index in [1.807, 2.05) is 6.20 Å². The van der Waals surface area contributed by atoms with Crippen molar-refractivity contribution in [3.05, 3.63) is 58.6 Å². The molecule has 0 aliphatic carbocycles. The van der Waals surface area contributed by atoms with E-state index in [0.29, 0.717) is 12.0 Å². The van der Waals surface area contributed by atoms with Crippen molar-refractivity contribution in [1.29, 1.82) is 0 Å². The number of H-pyrrole nitrogens is 1. The average Bonchev–Trinajstić information content (AvgIpc) is 3.37. The van der Waals surface area contributed by atoms with Crippen molar-refractivity contribution in [1.82, 2.24) is 20.3 Å². The van der Waals surface area contributed by atoms with E-state index in [1.165, 1.54) is 28.7 Å². The molecule has 0 radical (unpaired) electrons. The van der Waals surface area contributed by atoms with E-state index in [2.05, 4.69) is 72.2 Å². The summed E-state index contributed by atoms with van der Waals surface area (Å²) in [6, 6.07) is 9.04. The molecule has 1 aromatic carbocycles. The molecular formula is C22H28N4O. The van der Waals surface area contributed by atoms with Crippen molar-refractivity contribution < 1.29 is 4.52 Å². The summed E-state index contributed by atoms with van der Waals surface area (Å²) < 4.78 is 5.54. The smallest absolute Gasteiger partial charge is 0.139 e. The van der Waals surface area contributed by atoms with Crippen LogP contribution in [0.4, 0.5) is 0 Å². The first-order valence-corrected chi connectivity index (χ1v) is 9.83. The van der Waals surface area contributed by atoms with Gasteiger partial charge in [0.15, 0.2) is 0 Å². The highest BCUT2D eigenvalue weighted by atomic mass is 16.5. The lowest BCUT2D eigenvalue weighted by Crippen LogP contribution is -2.23. The Morgan fingerprint density at radius 3 is 2.81 bits per heavy atom. The van der Waals surface area contributed by atoms with Crippen molar-refractivity contribution in [3.8, 4) is 11.3 Å². The summed E-state index contributed by atoms with van der Waals surface area (Å²) in [6.07, 6.45) is 4.27. The summed E-state index contributed by atoms with van der Waals surface area (Å²) in [6.45, 7) is 10.5. The number of likely N-dealkylation sites (tertiary alicyclic amines) is 1. The van der Waals surface area contributed by atoms with Crippen LogP contribution in [0.1, 0.15) is 66.8 Å². The van der Waals surface area contributed by atoms with Crippen molar-refractivity contribution in [2.75, 3.05) is 6.54 Å². The zero-order chi connectivity index (χ0) is 19.0. The van der Waals surface area contributed by atoms with E-state index in [0.717, 1.165) is 36.7 Å². The largest absolute Gasteiger partial charge is 0.361 e. The lowest BCUT2D eigenvalue weighted by atomic mass is 10.0. The van der Waals surface area contributed by atoms with Crippen LogP contribution in [-0.4, -0.2) is 26.8 Å². The fourth-order valence-electron chi connectivity index (χ4n) is 3.88. The minimum atomic E-state index is 0.323. The summed E-state index contributed by atoms with van der Waals surface area (Å²) in [5.74, 6) is 1.34. The Morgan fingerprint density at radius 1 is 1.22 bits per heavy atom. The first-order chi connectivity index (χ1) is 13.0. The molecule has 1 fully saturated rings. The summed E-state index contributed by atoms with van der Waals surface area (Å²) in [5, 5.41) is 11.9. The molecule has 0 saturated carbocycles. The van der Waals surface area contributed by atoms with Crippen molar-refractivity contribution in [2.45, 2.75) is 59.0 Å². The van der Waals surface area contributed by atoms with Gasteiger partial charge in [-0.25, -0.2) is 0 Å². The molecule has 0 bridgehead atoms. The highest BCUT2D eigenvalue weighted by Gasteiger charge is 2.30. The number of hydrogen-bond acceptors (Lipinski definition) is 4. The third kappa shape index (κ3) is 3.56. The fourth-order valence-corrected chi connectivity index (χ4v) is 3.88. The molecule has 1 N–H and O–H groups in total. The molecule has 4 rings (SSSR count). The predicted molar refractivity (Wildman–Crippen MR) is 106 cm³/mol. The van der Waals surface area contributed by atoms with Crippen LogP contribution in [0.2, 0.25) is 0 Å². The number of aryl methyl sites for hydroxylation is 2. The third-order valence-electron chi connectivity index (χ3n) is 5.71. The van der Waals surface area contributed by atoms with Gasteiger partial charge < -0.3 is 4.52 Å². The van der Waals surface area contributed by atoms with Gasteiger partial charge in [0, 0.05) is 29.7 Å². The van der Waals surface area contributed by atoms with E-state index >= 15 is 0 Å². The molecule has 3 heterocycles. The summed E-state index contributed by atoms with van der Waals surface area (Å²) in [4.78, 5) is 2.50. The van der Waals surface area contributed by atoms with E-state index < -0.39 is 0 Å². The van der Waals surface area contributed by atoms with Crippen LogP contribution >= 0.6 is 0 Å². The van der Waals surface area contributed by atoms with Crippen LogP contribution in [0.25, 0.3) is 11.3 Å². The van der Waals surface area contributed by atoms with Gasteiger partial charge >= 0.3 is 0 Å². The fraction of sp³-hybridized carbons (Fsp3) is 0.455. The second kappa shape index (κ2) is 7.31. The summed E-state index contributed by atoms with van der Waals surface area (Å²) in [7, 11) is 0. The van der Waals surface area contributed by atoms with Crippen LogP contribution in [0, 0.1) is 13.8 Å². The minimum Gasteiger partial charge on any atom is -0.361 e. The Bertz CT molecular complexity index is 924. The Balaban J connectivity index is 1.57. The van der Waals surface area contributed by atoms with Crippen molar-refractivity contribution in [2.24, 2.45) is 0 Å². The predicted octanol–water partition coefficient (Wildman–Crippen LogP) is 5.14. The molecule has 3 aromatic rings. The molecule has 1 atom stereocenters. The Kier molecular flexibility index (Phi) is 4.87. The van der Waals surface area contributed by atoms with Gasteiger partial charge in [-0.05, 0) is 50.4 Å². The number of nitrogens with zero attached hydrogens (tertiary/aromatic N) is 3. The molecule has 142 valence electrons. The zero-order valence-corrected chi connectivity index (χ0v) is 16.6. The lowest BCUT2D eigenvalue weighted by molar-refractivity contribution is 0.236. The Hall–Kier alpha value is -2.40. The second-order valence-corrected chi connectivity index (χ2v) is 8.01. The molecule has 5 nitrogen and oxygen atoms in total. The highest BCUT2D eigenvalue weighted by molar-refractivity contribution is 5.64. The summed E-state index contributed by atoms with van der Waals surface area (Å²) >= 11 is 0. The van der Waals surface area contributed by atoms with Crippen molar-refractivity contribution in [3.63, 3.8) is 0 Å². The van der Waals surface area contributed by atoms with E-state index in [-0.39, 0.29) is 0 Å². The topological polar surface area (TPSA) is 58.0 Å². The van der Waals surface area contributed by atoms with Crippen LogP contribution < -0.4 is 0 Å². The molecule has 0 spiro atoms. The van der Waals surface area contributed by atoms with Gasteiger partial charge in [0.25, 0.3) is 0 Å². The standard InChI is InChI=1S/C22H28N4O/c1-14(2)21-11-19(25-27-21)20-6-5-9-26(20)13-18-12-23-24-22(18)17-8-7-15(3)16(4)10-17/h7-8,10-12,14,20H,5-6,9,13H2,1-4H3,(H,23,24)/t20-/m0/s1. The first-order valence-electron chi connectivity index (χ1n) is 9.83. The quantitative estimate of drug-likeness (QED) is 0.681. The molecule has 5 heteroatoms. The second-order valence-electron chi connectivity index (χ2n) is 8.01. The number of benzene rings is 1. The molecule has 1 aliphatic rings. The first kappa shape index (κ1) is 18.0. The van der Waals surface area contributed by atoms with E-state index in [1.54, 1.807) is 0 Å². The molecular weight excluding hydrogens is 336 g/mol. The van der Waals surface area contributed by atoms with Gasteiger partial charge in [-0.15, -0.1) is 0 Å². The Morgan fingerprint density at radius 2 is 2.07 bits per heavy atom. The number of hydrogen-bond donors (Lipinski definition) is 1. The van der Waals surface area contributed by atoms with Crippen molar-refractivity contribution >= 4 is 0 Å². The van der Waals surface area contributed by atoms with Gasteiger partial charge in [0.2, 0.25) is 0 Å². The van der Waals surface area contributed by atoms with Crippen LogP contribution in [0.3, 0.4) is 0 Å². The monoisotopic (exact) mass is 364 g/mol. The molecule has 0 unspecified atom stereocenters. The van der Waals surface area contributed by atoms with Crippen LogP contribution in [0.5, 0.6) is 0 Å². The highest BCUT2D eigenvalue weighted by Crippen LogP contribution is 2.35. The normalized spacial score (nSPS) is 17.9. The lowest BCUT2D eigenvalue weighted by Gasteiger charge is -2.22. The van der Waals surface area contributed by atoms with Crippen LogP contribution in [0.15, 0.2) is 35.0 Å².